The summed E-state index contributed by atoms with van der Waals surface area (Å²) in [6, 6.07) is 2.21. The molecule has 1 aromatic rings. The van der Waals surface area contributed by atoms with E-state index in [4.69, 9.17) is 5.73 Å². The van der Waals surface area contributed by atoms with Gasteiger partial charge in [-0.15, -0.1) is 11.3 Å². The quantitative estimate of drug-likeness (QED) is 0.833. The normalized spacial score (nSPS) is 28.9. The van der Waals surface area contributed by atoms with Crippen molar-refractivity contribution in [2.24, 2.45) is 11.7 Å². The number of hydrogen-bond acceptors (Lipinski definition) is 2. The van der Waals surface area contributed by atoms with Crippen molar-refractivity contribution in [2.45, 2.75) is 12.3 Å². The summed E-state index contributed by atoms with van der Waals surface area (Å²) in [6.45, 7) is 0.847. The van der Waals surface area contributed by atoms with Gasteiger partial charge in [0.2, 0.25) is 0 Å². The summed E-state index contributed by atoms with van der Waals surface area (Å²) in [7, 11) is 0. The molecule has 1 aliphatic rings. The largest absolute Gasteiger partial charge is 0.330 e. The van der Waals surface area contributed by atoms with Gasteiger partial charge in [0.1, 0.15) is 0 Å². The third kappa shape index (κ3) is 1.50. The predicted octanol–water partition coefficient (Wildman–Crippen LogP) is 2.57. The molecule has 2 atom stereocenters. The summed E-state index contributed by atoms with van der Waals surface area (Å²) in [5, 5.41) is 2.14. The lowest BCUT2D eigenvalue weighted by molar-refractivity contribution is 0.815. The summed E-state index contributed by atoms with van der Waals surface area (Å²) >= 11 is 5.29. The van der Waals surface area contributed by atoms with Gasteiger partial charge < -0.3 is 5.73 Å². The summed E-state index contributed by atoms with van der Waals surface area (Å²) in [6.07, 6.45) is 1.30. The van der Waals surface area contributed by atoms with Crippen molar-refractivity contribution in [1.29, 1.82) is 0 Å². The van der Waals surface area contributed by atoms with E-state index < -0.39 is 0 Å². The van der Waals surface area contributed by atoms with Crippen LogP contribution in [0, 0.1) is 5.92 Å². The van der Waals surface area contributed by atoms with Gasteiger partial charge in [-0.25, -0.2) is 0 Å². The lowest BCUT2D eigenvalue weighted by Crippen LogP contribution is -2.01. The lowest BCUT2D eigenvalue weighted by Gasteiger charge is -1.90. The Hall–Kier alpha value is 0.140. The molecule has 0 unspecified atom stereocenters. The fourth-order valence-electron chi connectivity index (χ4n) is 1.38. The zero-order chi connectivity index (χ0) is 7.84. The molecule has 0 radical (unpaired) electrons. The minimum Gasteiger partial charge on any atom is -0.330 e. The Labute approximate surface area is 78.7 Å². The van der Waals surface area contributed by atoms with Crippen molar-refractivity contribution in [1.82, 2.24) is 0 Å². The minimum absolute atomic E-state index is 0.764. The van der Waals surface area contributed by atoms with Crippen LogP contribution in [-0.4, -0.2) is 6.54 Å². The van der Waals surface area contributed by atoms with Crippen LogP contribution in [0.2, 0.25) is 0 Å². The molecule has 0 saturated heterocycles. The minimum atomic E-state index is 0.764. The highest BCUT2D eigenvalue weighted by molar-refractivity contribution is 9.10. The van der Waals surface area contributed by atoms with Crippen LogP contribution in [0.5, 0.6) is 0 Å². The molecule has 11 heavy (non-hydrogen) atoms. The number of hydrogen-bond donors (Lipinski definition) is 1. The standard InChI is InChI=1S/C8H10BrNS/c9-6-2-8(11-4-6)7-1-5(7)3-10/h2,4-5,7H,1,3,10H2/t5-,7+/m0/s1. The fraction of sp³-hybridized carbons (Fsp3) is 0.500. The van der Waals surface area contributed by atoms with E-state index in [2.05, 4.69) is 27.4 Å². The molecule has 0 amide bonds. The van der Waals surface area contributed by atoms with E-state index in [-0.39, 0.29) is 0 Å². The second kappa shape index (κ2) is 2.88. The highest BCUT2D eigenvalue weighted by atomic mass is 79.9. The molecule has 60 valence electrons. The zero-order valence-corrected chi connectivity index (χ0v) is 8.49. The second-order valence-corrected chi connectivity index (χ2v) is 4.86. The van der Waals surface area contributed by atoms with Crippen LogP contribution in [0.1, 0.15) is 17.2 Å². The Bertz CT molecular complexity index is 258. The van der Waals surface area contributed by atoms with E-state index in [0.29, 0.717) is 0 Å². The van der Waals surface area contributed by atoms with Crippen molar-refractivity contribution in [3.05, 3.63) is 20.8 Å². The van der Waals surface area contributed by atoms with Crippen LogP contribution in [0.4, 0.5) is 0 Å². The van der Waals surface area contributed by atoms with E-state index in [1.807, 2.05) is 11.3 Å². The monoisotopic (exact) mass is 231 g/mol. The van der Waals surface area contributed by atoms with Crippen molar-refractivity contribution >= 4 is 27.3 Å². The summed E-state index contributed by atoms with van der Waals surface area (Å²) in [5.74, 6) is 1.54. The molecule has 1 aliphatic carbocycles. The maximum absolute atomic E-state index is 5.56. The summed E-state index contributed by atoms with van der Waals surface area (Å²) in [4.78, 5) is 1.49. The van der Waals surface area contributed by atoms with Gasteiger partial charge in [0, 0.05) is 14.7 Å². The van der Waals surface area contributed by atoms with Crippen molar-refractivity contribution < 1.29 is 0 Å². The Morgan fingerprint density at radius 3 is 3.00 bits per heavy atom. The van der Waals surface area contributed by atoms with Gasteiger partial charge in [0.05, 0.1) is 0 Å². The zero-order valence-electron chi connectivity index (χ0n) is 6.09. The molecule has 2 rings (SSSR count). The topological polar surface area (TPSA) is 26.0 Å². The number of halogens is 1. The number of thiophene rings is 1. The van der Waals surface area contributed by atoms with Gasteiger partial charge in [-0.1, -0.05) is 0 Å². The highest BCUT2D eigenvalue weighted by Gasteiger charge is 2.37. The molecular weight excluding hydrogens is 222 g/mol. The van der Waals surface area contributed by atoms with Crippen LogP contribution >= 0.6 is 27.3 Å². The van der Waals surface area contributed by atoms with Gasteiger partial charge in [-0.3, -0.25) is 0 Å². The van der Waals surface area contributed by atoms with Crippen LogP contribution in [-0.2, 0) is 0 Å². The average molecular weight is 232 g/mol. The SMILES string of the molecule is NC[C@@H]1C[C@H]1c1cc(Br)cs1. The molecule has 1 heterocycles. The molecule has 0 bridgehead atoms. The number of rotatable bonds is 2. The van der Waals surface area contributed by atoms with E-state index >= 15 is 0 Å². The van der Waals surface area contributed by atoms with Gasteiger partial charge in [0.15, 0.2) is 0 Å². The van der Waals surface area contributed by atoms with Gasteiger partial charge in [-0.05, 0) is 46.8 Å². The van der Waals surface area contributed by atoms with E-state index in [1.54, 1.807) is 0 Å². The molecular formula is C8H10BrNS. The summed E-state index contributed by atoms with van der Waals surface area (Å²) in [5.41, 5.74) is 5.56. The van der Waals surface area contributed by atoms with Crippen LogP contribution in [0.25, 0.3) is 0 Å². The second-order valence-electron chi connectivity index (χ2n) is 3.01. The van der Waals surface area contributed by atoms with Gasteiger partial charge in [-0.2, -0.15) is 0 Å². The molecule has 3 heteroatoms. The first-order valence-electron chi connectivity index (χ1n) is 3.75. The first-order valence-corrected chi connectivity index (χ1v) is 5.42. The molecule has 1 aromatic heterocycles. The molecule has 1 fully saturated rings. The Kier molecular flexibility index (Phi) is 2.04. The Balaban J connectivity index is 2.08. The average Bonchev–Trinajstić information content (AvgIpc) is 2.68. The Morgan fingerprint density at radius 1 is 1.73 bits per heavy atom. The highest BCUT2D eigenvalue weighted by Crippen LogP contribution is 2.49. The fourth-order valence-corrected chi connectivity index (χ4v) is 3.03. The first kappa shape index (κ1) is 7.77. The first-order chi connectivity index (χ1) is 5.31. The number of nitrogens with two attached hydrogens (primary N) is 1. The Morgan fingerprint density at radius 2 is 2.55 bits per heavy atom. The van der Waals surface area contributed by atoms with Crippen molar-refractivity contribution in [3.8, 4) is 0 Å². The smallest absolute Gasteiger partial charge is 0.0285 e. The van der Waals surface area contributed by atoms with Crippen molar-refractivity contribution in [2.75, 3.05) is 6.54 Å². The van der Waals surface area contributed by atoms with Crippen molar-refractivity contribution in [3.63, 3.8) is 0 Å². The van der Waals surface area contributed by atoms with Crippen LogP contribution in [0.15, 0.2) is 15.9 Å². The third-order valence-electron chi connectivity index (χ3n) is 2.18. The molecule has 1 nitrogen and oxygen atoms in total. The maximum atomic E-state index is 5.56. The van der Waals surface area contributed by atoms with Gasteiger partial charge >= 0.3 is 0 Å². The van der Waals surface area contributed by atoms with Crippen LogP contribution < -0.4 is 5.73 Å². The molecule has 2 N–H and O–H groups in total. The lowest BCUT2D eigenvalue weighted by atomic mass is 10.3. The molecule has 0 aromatic carbocycles. The molecule has 0 spiro atoms. The van der Waals surface area contributed by atoms with Gasteiger partial charge in [0.25, 0.3) is 0 Å². The summed E-state index contributed by atoms with van der Waals surface area (Å²) < 4.78 is 1.21. The van der Waals surface area contributed by atoms with Crippen LogP contribution in [0.3, 0.4) is 0 Å². The van der Waals surface area contributed by atoms with E-state index in [9.17, 15) is 0 Å². The maximum Gasteiger partial charge on any atom is 0.0285 e. The van der Waals surface area contributed by atoms with E-state index in [1.165, 1.54) is 15.8 Å². The third-order valence-corrected chi connectivity index (χ3v) is 4.00. The molecule has 1 saturated carbocycles. The molecule has 0 aliphatic heterocycles. The predicted molar refractivity (Wildman–Crippen MR) is 51.9 cm³/mol. The van der Waals surface area contributed by atoms with E-state index in [0.717, 1.165) is 18.4 Å².